The Bertz CT molecular complexity index is 369. The summed E-state index contributed by atoms with van der Waals surface area (Å²) in [6.45, 7) is 5.52. The molecule has 1 aliphatic heterocycles. The summed E-state index contributed by atoms with van der Waals surface area (Å²) in [7, 11) is 1.82. The zero-order chi connectivity index (χ0) is 12.3. The Morgan fingerprint density at radius 3 is 3.00 bits per heavy atom. The number of benzene rings is 1. The van der Waals surface area contributed by atoms with E-state index in [2.05, 4.69) is 52.0 Å². The van der Waals surface area contributed by atoms with Crippen molar-refractivity contribution in [3.63, 3.8) is 0 Å². The molecule has 1 aromatic carbocycles. The van der Waals surface area contributed by atoms with Crippen LogP contribution in [0.1, 0.15) is 18.9 Å². The molecular weight excluding hydrogens is 278 g/mol. The van der Waals surface area contributed by atoms with Crippen LogP contribution in [0, 0.1) is 5.92 Å². The van der Waals surface area contributed by atoms with E-state index in [0.29, 0.717) is 12.0 Å². The highest BCUT2D eigenvalue weighted by atomic mass is 79.9. The first-order chi connectivity index (χ1) is 8.19. The lowest BCUT2D eigenvalue weighted by molar-refractivity contribution is -0.00745. The van der Waals surface area contributed by atoms with Gasteiger partial charge >= 0.3 is 0 Å². The van der Waals surface area contributed by atoms with Gasteiger partial charge < -0.3 is 4.74 Å². The van der Waals surface area contributed by atoms with Crippen LogP contribution in [0.3, 0.4) is 0 Å². The van der Waals surface area contributed by atoms with Gasteiger partial charge in [-0.05, 0) is 36.6 Å². The summed E-state index contributed by atoms with van der Waals surface area (Å²) in [6, 6.07) is 8.55. The van der Waals surface area contributed by atoms with Crippen molar-refractivity contribution in [1.82, 2.24) is 4.90 Å². The Morgan fingerprint density at radius 2 is 2.29 bits per heavy atom. The molecule has 0 saturated carbocycles. The number of ether oxygens (including phenoxy) is 1. The van der Waals surface area contributed by atoms with E-state index in [1.165, 1.54) is 18.5 Å². The molecule has 0 N–H and O–H groups in total. The average molecular weight is 298 g/mol. The number of methoxy groups -OCH3 is 1. The van der Waals surface area contributed by atoms with E-state index < -0.39 is 0 Å². The van der Waals surface area contributed by atoms with Gasteiger partial charge in [0.05, 0.1) is 6.10 Å². The lowest BCUT2D eigenvalue weighted by Crippen LogP contribution is -2.43. The fourth-order valence-electron chi connectivity index (χ4n) is 2.44. The number of likely N-dealkylation sites (tertiary alicyclic amines) is 1. The topological polar surface area (TPSA) is 12.5 Å². The molecular formula is C14H20BrNO. The van der Waals surface area contributed by atoms with E-state index in [1.807, 2.05) is 7.11 Å². The van der Waals surface area contributed by atoms with Gasteiger partial charge in [-0.25, -0.2) is 0 Å². The van der Waals surface area contributed by atoms with Gasteiger partial charge in [0, 0.05) is 24.7 Å². The van der Waals surface area contributed by atoms with Crippen molar-refractivity contribution >= 4 is 15.9 Å². The van der Waals surface area contributed by atoms with Gasteiger partial charge in [0.25, 0.3) is 0 Å². The summed E-state index contributed by atoms with van der Waals surface area (Å²) >= 11 is 3.52. The van der Waals surface area contributed by atoms with Crippen molar-refractivity contribution in [2.75, 3.05) is 20.2 Å². The lowest BCUT2D eigenvalue weighted by atomic mass is 9.95. The molecule has 0 amide bonds. The standard InChI is InChI=1S/C14H20BrNO/c1-11-6-7-16(10-14(11)17-2)9-12-4-3-5-13(15)8-12/h3-5,8,11,14H,6-7,9-10H2,1-2H3. The van der Waals surface area contributed by atoms with Crippen LogP contribution in [0.15, 0.2) is 28.7 Å². The molecule has 17 heavy (non-hydrogen) atoms. The van der Waals surface area contributed by atoms with Crippen LogP contribution in [0.2, 0.25) is 0 Å². The minimum absolute atomic E-state index is 0.385. The summed E-state index contributed by atoms with van der Waals surface area (Å²) < 4.78 is 6.70. The van der Waals surface area contributed by atoms with Crippen molar-refractivity contribution in [3.05, 3.63) is 34.3 Å². The van der Waals surface area contributed by atoms with Gasteiger partial charge in [-0.1, -0.05) is 35.0 Å². The fraction of sp³-hybridized carbons (Fsp3) is 0.571. The molecule has 1 aromatic rings. The van der Waals surface area contributed by atoms with E-state index in [1.54, 1.807) is 0 Å². The van der Waals surface area contributed by atoms with Crippen LogP contribution >= 0.6 is 15.9 Å². The largest absolute Gasteiger partial charge is 0.380 e. The van der Waals surface area contributed by atoms with Gasteiger partial charge in [-0.3, -0.25) is 4.90 Å². The molecule has 2 atom stereocenters. The summed E-state index contributed by atoms with van der Waals surface area (Å²) in [5, 5.41) is 0. The van der Waals surface area contributed by atoms with Gasteiger partial charge in [-0.2, -0.15) is 0 Å². The van der Waals surface area contributed by atoms with Crippen molar-refractivity contribution in [2.45, 2.75) is 26.0 Å². The smallest absolute Gasteiger partial charge is 0.0724 e. The molecule has 0 radical (unpaired) electrons. The molecule has 94 valence electrons. The second kappa shape index (κ2) is 5.98. The molecule has 0 aromatic heterocycles. The van der Waals surface area contributed by atoms with Gasteiger partial charge in [0.15, 0.2) is 0 Å². The van der Waals surface area contributed by atoms with Crippen molar-refractivity contribution in [3.8, 4) is 0 Å². The molecule has 1 aliphatic rings. The highest BCUT2D eigenvalue weighted by molar-refractivity contribution is 9.10. The molecule has 0 bridgehead atoms. The summed E-state index contributed by atoms with van der Waals surface area (Å²) in [6.07, 6.45) is 1.61. The Hall–Kier alpha value is -0.380. The molecule has 2 unspecified atom stereocenters. The zero-order valence-corrected chi connectivity index (χ0v) is 12.1. The van der Waals surface area contributed by atoms with E-state index in [0.717, 1.165) is 17.6 Å². The summed E-state index contributed by atoms with van der Waals surface area (Å²) in [4.78, 5) is 2.48. The molecule has 3 heteroatoms. The summed E-state index contributed by atoms with van der Waals surface area (Å²) in [5.41, 5.74) is 1.36. The second-order valence-corrected chi connectivity index (χ2v) is 5.82. The van der Waals surface area contributed by atoms with Crippen LogP contribution in [0.5, 0.6) is 0 Å². The van der Waals surface area contributed by atoms with Crippen molar-refractivity contribution in [2.24, 2.45) is 5.92 Å². The zero-order valence-electron chi connectivity index (χ0n) is 10.5. The van der Waals surface area contributed by atoms with E-state index in [-0.39, 0.29) is 0 Å². The Labute approximate surface area is 112 Å². The van der Waals surface area contributed by atoms with Crippen LogP contribution < -0.4 is 0 Å². The first-order valence-electron chi connectivity index (χ1n) is 6.18. The monoisotopic (exact) mass is 297 g/mol. The van der Waals surface area contributed by atoms with Gasteiger partial charge in [0.2, 0.25) is 0 Å². The van der Waals surface area contributed by atoms with Crippen LogP contribution in [-0.4, -0.2) is 31.2 Å². The molecule has 1 saturated heterocycles. The number of rotatable bonds is 3. The van der Waals surface area contributed by atoms with E-state index in [4.69, 9.17) is 4.74 Å². The molecule has 2 nitrogen and oxygen atoms in total. The van der Waals surface area contributed by atoms with Gasteiger partial charge in [0.1, 0.15) is 0 Å². The highest BCUT2D eigenvalue weighted by Crippen LogP contribution is 2.21. The van der Waals surface area contributed by atoms with Crippen molar-refractivity contribution in [1.29, 1.82) is 0 Å². The van der Waals surface area contributed by atoms with Crippen LogP contribution in [0.25, 0.3) is 0 Å². The number of halogens is 1. The van der Waals surface area contributed by atoms with Crippen LogP contribution in [-0.2, 0) is 11.3 Å². The molecule has 0 spiro atoms. The van der Waals surface area contributed by atoms with E-state index >= 15 is 0 Å². The second-order valence-electron chi connectivity index (χ2n) is 4.91. The van der Waals surface area contributed by atoms with Crippen molar-refractivity contribution < 1.29 is 4.74 Å². The maximum absolute atomic E-state index is 5.54. The average Bonchev–Trinajstić information content (AvgIpc) is 2.32. The number of nitrogens with zero attached hydrogens (tertiary/aromatic N) is 1. The first kappa shape index (κ1) is 13.1. The number of piperidine rings is 1. The molecule has 2 rings (SSSR count). The highest BCUT2D eigenvalue weighted by Gasteiger charge is 2.25. The Morgan fingerprint density at radius 1 is 1.47 bits per heavy atom. The Kier molecular flexibility index (Phi) is 4.60. The van der Waals surface area contributed by atoms with Gasteiger partial charge in [-0.15, -0.1) is 0 Å². The SMILES string of the molecule is COC1CN(Cc2cccc(Br)c2)CCC1C. The third kappa shape index (κ3) is 3.54. The minimum atomic E-state index is 0.385. The Balaban J connectivity index is 1.95. The predicted molar refractivity (Wildman–Crippen MR) is 74.0 cm³/mol. The first-order valence-corrected chi connectivity index (χ1v) is 6.98. The number of hydrogen-bond donors (Lipinski definition) is 0. The molecule has 0 aliphatic carbocycles. The minimum Gasteiger partial charge on any atom is -0.380 e. The number of hydrogen-bond acceptors (Lipinski definition) is 2. The predicted octanol–water partition coefficient (Wildman–Crippen LogP) is 3.31. The third-order valence-corrected chi connectivity index (χ3v) is 4.06. The summed E-state index contributed by atoms with van der Waals surface area (Å²) in [5.74, 6) is 0.679. The van der Waals surface area contributed by atoms with E-state index in [9.17, 15) is 0 Å². The van der Waals surface area contributed by atoms with Crippen LogP contribution in [0.4, 0.5) is 0 Å². The normalized spacial score (nSPS) is 26.1. The lowest BCUT2D eigenvalue weighted by Gasteiger charge is -2.36. The fourth-order valence-corrected chi connectivity index (χ4v) is 2.89. The third-order valence-electron chi connectivity index (χ3n) is 3.57. The molecule has 1 fully saturated rings. The maximum Gasteiger partial charge on any atom is 0.0724 e. The molecule has 1 heterocycles. The maximum atomic E-state index is 5.54. The quantitative estimate of drug-likeness (QED) is 0.849.